The molecule has 0 saturated heterocycles. The van der Waals surface area contributed by atoms with E-state index in [0.717, 1.165) is 34.8 Å². The Bertz CT molecular complexity index is 669. The summed E-state index contributed by atoms with van der Waals surface area (Å²) in [6.07, 6.45) is 5.92. The van der Waals surface area contributed by atoms with Gasteiger partial charge in [-0.15, -0.1) is 11.8 Å². The van der Waals surface area contributed by atoms with Crippen molar-refractivity contribution in [2.24, 2.45) is 0 Å². The van der Waals surface area contributed by atoms with Crippen LogP contribution in [0.4, 0.5) is 0 Å². The van der Waals surface area contributed by atoms with E-state index in [1.807, 2.05) is 37.3 Å². The number of hydrogen-bond donors (Lipinski definition) is 1. The Balaban J connectivity index is 1.90. The van der Waals surface area contributed by atoms with E-state index in [1.165, 1.54) is 19.3 Å². The highest BCUT2D eigenvalue weighted by molar-refractivity contribution is 7.98. The van der Waals surface area contributed by atoms with E-state index in [9.17, 15) is 4.79 Å². The lowest BCUT2D eigenvalue weighted by molar-refractivity contribution is 0.0935. The van der Waals surface area contributed by atoms with E-state index in [-0.39, 0.29) is 11.9 Å². The lowest BCUT2D eigenvalue weighted by atomic mass is 10.1. The summed E-state index contributed by atoms with van der Waals surface area (Å²) in [5.74, 6) is 1.49. The fraction of sp³-hybridized carbons (Fsp3) is 0.500. The number of rotatable bonds is 10. The summed E-state index contributed by atoms with van der Waals surface area (Å²) < 4.78 is 5.24. The number of aryl methyl sites for hydroxylation is 1. The van der Waals surface area contributed by atoms with E-state index >= 15 is 0 Å². The van der Waals surface area contributed by atoms with Gasteiger partial charge in [0.15, 0.2) is 0 Å². The Morgan fingerprint density at radius 1 is 1.28 bits per heavy atom. The summed E-state index contributed by atoms with van der Waals surface area (Å²) in [5.41, 5.74) is 1.60. The Hall–Kier alpha value is -1.75. The van der Waals surface area contributed by atoms with Crippen molar-refractivity contribution < 1.29 is 9.32 Å². The van der Waals surface area contributed by atoms with Gasteiger partial charge in [-0.1, -0.05) is 49.9 Å². The molecule has 0 radical (unpaired) electrons. The molecule has 0 saturated carbocycles. The van der Waals surface area contributed by atoms with Gasteiger partial charge in [0.05, 0.1) is 17.0 Å². The molecule has 1 aromatic heterocycles. The third-order valence-electron chi connectivity index (χ3n) is 4.05. The molecule has 4 nitrogen and oxygen atoms in total. The number of nitrogens with one attached hydrogen (secondary N) is 1. The number of amides is 1. The van der Waals surface area contributed by atoms with Gasteiger partial charge in [0, 0.05) is 17.0 Å². The highest BCUT2D eigenvalue weighted by atomic mass is 32.2. The van der Waals surface area contributed by atoms with Gasteiger partial charge >= 0.3 is 0 Å². The van der Waals surface area contributed by atoms with Crippen molar-refractivity contribution in [2.75, 3.05) is 0 Å². The van der Waals surface area contributed by atoms with Gasteiger partial charge in [-0.05, 0) is 32.4 Å². The molecule has 0 fully saturated rings. The van der Waals surface area contributed by atoms with Crippen molar-refractivity contribution in [2.45, 2.75) is 69.6 Å². The standard InChI is InChI=1S/C20H28N2O2S/c1-4-5-6-7-10-15(2)21-20(23)18-11-8-9-12-19(18)25-14-17-13-16(3)22-24-17/h8-9,11-13,15H,4-7,10,14H2,1-3H3,(H,21,23). The van der Waals surface area contributed by atoms with Crippen LogP contribution in [0.5, 0.6) is 0 Å². The number of carbonyl (C=O) groups is 1. The zero-order chi connectivity index (χ0) is 18.1. The molecular weight excluding hydrogens is 332 g/mol. The Labute approximate surface area is 154 Å². The second-order valence-corrected chi connectivity index (χ2v) is 7.46. The van der Waals surface area contributed by atoms with Crippen molar-refractivity contribution in [1.82, 2.24) is 10.5 Å². The number of aromatic nitrogens is 1. The molecule has 0 aliphatic heterocycles. The summed E-state index contributed by atoms with van der Waals surface area (Å²) in [7, 11) is 0. The monoisotopic (exact) mass is 360 g/mol. The van der Waals surface area contributed by atoms with Gasteiger partial charge in [-0.25, -0.2) is 0 Å². The maximum Gasteiger partial charge on any atom is 0.252 e. The topological polar surface area (TPSA) is 55.1 Å². The molecule has 0 spiro atoms. The number of unbranched alkanes of at least 4 members (excludes halogenated alkanes) is 3. The van der Waals surface area contributed by atoms with Crippen molar-refractivity contribution in [3.63, 3.8) is 0 Å². The van der Waals surface area contributed by atoms with E-state index in [1.54, 1.807) is 11.8 Å². The van der Waals surface area contributed by atoms with Crippen molar-refractivity contribution in [3.8, 4) is 0 Å². The average molecular weight is 361 g/mol. The number of hydrogen-bond acceptors (Lipinski definition) is 4. The fourth-order valence-corrected chi connectivity index (χ4v) is 3.59. The molecular formula is C20H28N2O2S. The zero-order valence-electron chi connectivity index (χ0n) is 15.4. The van der Waals surface area contributed by atoms with E-state index in [2.05, 4.69) is 24.3 Å². The minimum atomic E-state index is -0.000146. The average Bonchev–Trinajstić information content (AvgIpc) is 3.02. The molecule has 2 rings (SSSR count). The number of carbonyl (C=O) groups excluding carboxylic acids is 1. The number of nitrogens with zero attached hydrogens (tertiary/aromatic N) is 1. The molecule has 0 bridgehead atoms. The summed E-state index contributed by atoms with van der Waals surface area (Å²) in [6, 6.07) is 9.84. The van der Waals surface area contributed by atoms with Crippen LogP contribution in [0.2, 0.25) is 0 Å². The smallest absolute Gasteiger partial charge is 0.252 e. The Kier molecular flexibility index (Phi) is 8.06. The molecule has 136 valence electrons. The van der Waals surface area contributed by atoms with Crippen LogP contribution in [0.15, 0.2) is 39.8 Å². The molecule has 25 heavy (non-hydrogen) atoms. The lowest BCUT2D eigenvalue weighted by Gasteiger charge is -2.15. The van der Waals surface area contributed by atoms with E-state index in [0.29, 0.717) is 5.75 Å². The Morgan fingerprint density at radius 2 is 2.08 bits per heavy atom. The molecule has 0 aliphatic rings. The van der Waals surface area contributed by atoms with Gasteiger partial charge in [0.25, 0.3) is 5.91 Å². The maximum atomic E-state index is 12.6. The van der Waals surface area contributed by atoms with Gasteiger partial charge in [-0.2, -0.15) is 0 Å². The molecule has 1 unspecified atom stereocenters. The molecule has 2 aromatic rings. The third kappa shape index (κ3) is 6.58. The molecule has 5 heteroatoms. The fourth-order valence-electron chi connectivity index (χ4n) is 2.66. The van der Waals surface area contributed by atoms with Gasteiger partial charge in [-0.3, -0.25) is 4.79 Å². The van der Waals surface area contributed by atoms with Crippen LogP contribution in [0.1, 0.15) is 67.8 Å². The quantitative estimate of drug-likeness (QED) is 0.457. The van der Waals surface area contributed by atoms with Gasteiger partial charge < -0.3 is 9.84 Å². The second-order valence-electron chi connectivity index (χ2n) is 6.44. The minimum absolute atomic E-state index is 0.000146. The van der Waals surface area contributed by atoms with Crippen LogP contribution >= 0.6 is 11.8 Å². The minimum Gasteiger partial charge on any atom is -0.360 e. The first kappa shape index (κ1) is 19.6. The maximum absolute atomic E-state index is 12.6. The van der Waals surface area contributed by atoms with Gasteiger partial charge in [0.2, 0.25) is 0 Å². The first-order valence-electron chi connectivity index (χ1n) is 9.05. The number of benzene rings is 1. The zero-order valence-corrected chi connectivity index (χ0v) is 16.2. The van der Waals surface area contributed by atoms with Crippen LogP contribution < -0.4 is 5.32 Å². The summed E-state index contributed by atoms with van der Waals surface area (Å²) in [5, 5.41) is 7.03. The van der Waals surface area contributed by atoms with Crippen LogP contribution in [0, 0.1) is 6.92 Å². The summed E-state index contributed by atoms with van der Waals surface area (Å²) >= 11 is 1.60. The first-order chi connectivity index (χ1) is 12.1. The summed E-state index contributed by atoms with van der Waals surface area (Å²) in [6.45, 7) is 6.19. The molecule has 0 aliphatic carbocycles. The largest absolute Gasteiger partial charge is 0.360 e. The summed E-state index contributed by atoms with van der Waals surface area (Å²) in [4.78, 5) is 13.6. The lowest BCUT2D eigenvalue weighted by Crippen LogP contribution is -2.32. The normalized spacial score (nSPS) is 12.1. The van der Waals surface area contributed by atoms with Crippen molar-refractivity contribution in [1.29, 1.82) is 0 Å². The van der Waals surface area contributed by atoms with Crippen LogP contribution in [0.25, 0.3) is 0 Å². The van der Waals surface area contributed by atoms with Gasteiger partial charge in [0.1, 0.15) is 5.76 Å². The SMILES string of the molecule is CCCCCCC(C)NC(=O)c1ccccc1SCc1cc(C)no1. The predicted molar refractivity (Wildman–Crippen MR) is 103 cm³/mol. The van der Waals surface area contributed by atoms with Crippen molar-refractivity contribution >= 4 is 17.7 Å². The highest BCUT2D eigenvalue weighted by Crippen LogP contribution is 2.26. The van der Waals surface area contributed by atoms with Crippen LogP contribution in [-0.2, 0) is 5.75 Å². The molecule has 1 N–H and O–H groups in total. The molecule has 1 amide bonds. The molecule has 1 heterocycles. The molecule has 1 atom stereocenters. The van der Waals surface area contributed by atoms with Crippen molar-refractivity contribution in [3.05, 3.63) is 47.3 Å². The number of thioether (sulfide) groups is 1. The highest BCUT2D eigenvalue weighted by Gasteiger charge is 2.14. The van der Waals surface area contributed by atoms with E-state index < -0.39 is 0 Å². The Morgan fingerprint density at radius 3 is 2.80 bits per heavy atom. The van der Waals surface area contributed by atoms with Crippen LogP contribution in [0.3, 0.4) is 0 Å². The van der Waals surface area contributed by atoms with Crippen LogP contribution in [-0.4, -0.2) is 17.1 Å². The second kappa shape index (κ2) is 10.3. The molecule has 1 aromatic carbocycles. The predicted octanol–water partition coefficient (Wildman–Crippen LogP) is 5.36. The first-order valence-corrected chi connectivity index (χ1v) is 10.0. The third-order valence-corrected chi connectivity index (χ3v) is 5.14. The van der Waals surface area contributed by atoms with E-state index in [4.69, 9.17) is 4.52 Å².